The number of carbonyl (C=O) groups is 1. The number of rotatable bonds is 10. The van der Waals surface area contributed by atoms with Crippen molar-refractivity contribution in [3.8, 4) is 11.5 Å². The van der Waals surface area contributed by atoms with Gasteiger partial charge in [0.2, 0.25) is 0 Å². The number of pyridine rings is 1. The number of anilines is 1. The molecule has 0 fully saturated rings. The van der Waals surface area contributed by atoms with E-state index in [0.717, 1.165) is 24.2 Å². The van der Waals surface area contributed by atoms with Gasteiger partial charge < -0.3 is 20.1 Å². The van der Waals surface area contributed by atoms with Gasteiger partial charge in [-0.1, -0.05) is 25.8 Å². The van der Waals surface area contributed by atoms with Crippen molar-refractivity contribution in [3.63, 3.8) is 0 Å². The second kappa shape index (κ2) is 10.3. The summed E-state index contributed by atoms with van der Waals surface area (Å²) in [5.41, 5.74) is 2.32. The molecule has 1 amide bonds. The van der Waals surface area contributed by atoms with Crippen LogP contribution in [0.25, 0.3) is 0 Å². The van der Waals surface area contributed by atoms with Crippen LogP contribution in [0.3, 0.4) is 0 Å². The molecular formula is C20H27N3O3. The van der Waals surface area contributed by atoms with Crippen LogP contribution < -0.4 is 20.1 Å². The molecule has 0 unspecified atom stereocenters. The summed E-state index contributed by atoms with van der Waals surface area (Å²) in [4.78, 5) is 16.5. The summed E-state index contributed by atoms with van der Waals surface area (Å²) in [5.74, 6) is 1.14. The van der Waals surface area contributed by atoms with Crippen molar-refractivity contribution in [3.05, 3.63) is 47.8 Å². The number of amides is 1. The zero-order chi connectivity index (χ0) is 18.8. The molecular weight excluding hydrogens is 330 g/mol. The fourth-order valence-corrected chi connectivity index (χ4v) is 2.54. The minimum atomic E-state index is -0.163. The Morgan fingerprint density at radius 3 is 2.62 bits per heavy atom. The Morgan fingerprint density at radius 1 is 1.08 bits per heavy atom. The minimum Gasteiger partial charge on any atom is -0.493 e. The van der Waals surface area contributed by atoms with Crippen LogP contribution in [0.5, 0.6) is 11.5 Å². The number of aromatic nitrogens is 1. The highest BCUT2D eigenvalue weighted by Crippen LogP contribution is 2.27. The topological polar surface area (TPSA) is 72.5 Å². The predicted molar refractivity (Wildman–Crippen MR) is 103 cm³/mol. The molecule has 2 aromatic rings. The molecule has 140 valence electrons. The summed E-state index contributed by atoms with van der Waals surface area (Å²) in [5, 5.41) is 6.21. The van der Waals surface area contributed by atoms with Gasteiger partial charge in [0.25, 0.3) is 5.91 Å². The standard InChI is InChI=1S/C20H27N3O3/c1-4-5-6-9-22-17-11-16(13-21-14-17)20(24)23-12-15-7-8-18(25-2)19(10-15)26-3/h7-8,10-11,13-14,22H,4-6,9,12H2,1-3H3,(H,23,24). The number of methoxy groups -OCH3 is 2. The van der Waals surface area contributed by atoms with Gasteiger partial charge in [-0.05, 0) is 30.2 Å². The molecule has 6 nitrogen and oxygen atoms in total. The molecule has 0 saturated carbocycles. The summed E-state index contributed by atoms with van der Waals surface area (Å²) in [6.07, 6.45) is 6.77. The Bertz CT molecular complexity index is 719. The summed E-state index contributed by atoms with van der Waals surface area (Å²) < 4.78 is 10.5. The number of ether oxygens (including phenoxy) is 2. The van der Waals surface area contributed by atoms with Crippen molar-refractivity contribution >= 4 is 11.6 Å². The first-order chi connectivity index (χ1) is 12.7. The smallest absolute Gasteiger partial charge is 0.253 e. The summed E-state index contributed by atoms with van der Waals surface area (Å²) >= 11 is 0. The van der Waals surface area contributed by atoms with Crippen molar-refractivity contribution in [1.29, 1.82) is 0 Å². The van der Waals surface area contributed by atoms with Gasteiger partial charge in [-0.25, -0.2) is 0 Å². The zero-order valence-corrected chi connectivity index (χ0v) is 15.7. The molecule has 0 spiro atoms. The third-order valence-corrected chi connectivity index (χ3v) is 4.01. The van der Waals surface area contributed by atoms with Crippen molar-refractivity contribution in [2.75, 3.05) is 26.1 Å². The zero-order valence-electron chi connectivity index (χ0n) is 15.7. The number of nitrogens with zero attached hydrogens (tertiary/aromatic N) is 1. The third-order valence-electron chi connectivity index (χ3n) is 4.01. The van der Waals surface area contributed by atoms with Gasteiger partial charge in [0.05, 0.1) is 25.5 Å². The first kappa shape index (κ1) is 19.6. The van der Waals surface area contributed by atoms with Crippen molar-refractivity contribution < 1.29 is 14.3 Å². The number of carbonyl (C=O) groups excluding carboxylic acids is 1. The van der Waals surface area contributed by atoms with Gasteiger partial charge in [-0.3, -0.25) is 9.78 Å². The SMILES string of the molecule is CCCCCNc1cncc(C(=O)NCc2ccc(OC)c(OC)c2)c1. The Labute approximate surface area is 154 Å². The third kappa shape index (κ3) is 5.65. The van der Waals surface area contributed by atoms with Gasteiger partial charge in [-0.2, -0.15) is 0 Å². The van der Waals surface area contributed by atoms with Crippen molar-refractivity contribution in [2.24, 2.45) is 0 Å². The molecule has 1 heterocycles. The quantitative estimate of drug-likeness (QED) is 0.635. The van der Waals surface area contributed by atoms with Gasteiger partial charge >= 0.3 is 0 Å². The maximum Gasteiger partial charge on any atom is 0.253 e. The highest BCUT2D eigenvalue weighted by molar-refractivity contribution is 5.94. The lowest BCUT2D eigenvalue weighted by atomic mass is 10.2. The van der Waals surface area contributed by atoms with E-state index in [1.165, 1.54) is 12.8 Å². The monoisotopic (exact) mass is 357 g/mol. The molecule has 0 atom stereocenters. The summed E-state index contributed by atoms with van der Waals surface area (Å²) in [6.45, 7) is 3.45. The van der Waals surface area contributed by atoms with Crippen LogP contribution in [-0.2, 0) is 6.54 Å². The molecule has 0 aliphatic heterocycles. The molecule has 2 rings (SSSR count). The number of unbranched alkanes of at least 4 members (excludes halogenated alkanes) is 2. The molecule has 0 saturated heterocycles. The van der Waals surface area contributed by atoms with E-state index >= 15 is 0 Å². The van der Waals surface area contributed by atoms with Crippen LogP contribution in [0.4, 0.5) is 5.69 Å². The molecule has 0 bridgehead atoms. The Hall–Kier alpha value is -2.76. The molecule has 0 aliphatic carbocycles. The average molecular weight is 357 g/mol. The number of hydrogen-bond acceptors (Lipinski definition) is 5. The first-order valence-electron chi connectivity index (χ1n) is 8.86. The van der Waals surface area contributed by atoms with E-state index in [4.69, 9.17) is 9.47 Å². The van der Waals surface area contributed by atoms with Gasteiger partial charge in [0.15, 0.2) is 11.5 Å². The Morgan fingerprint density at radius 2 is 1.88 bits per heavy atom. The highest BCUT2D eigenvalue weighted by atomic mass is 16.5. The maximum absolute atomic E-state index is 12.4. The van der Waals surface area contributed by atoms with Crippen LogP contribution in [0.2, 0.25) is 0 Å². The van der Waals surface area contributed by atoms with Crippen LogP contribution in [0.15, 0.2) is 36.7 Å². The summed E-state index contributed by atoms with van der Waals surface area (Å²) in [6, 6.07) is 7.39. The van der Waals surface area contributed by atoms with Gasteiger partial charge in [0.1, 0.15) is 0 Å². The van der Waals surface area contributed by atoms with Crippen molar-refractivity contribution in [2.45, 2.75) is 32.7 Å². The lowest BCUT2D eigenvalue weighted by Gasteiger charge is -2.11. The Kier molecular flexibility index (Phi) is 7.74. The maximum atomic E-state index is 12.4. The largest absolute Gasteiger partial charge is 0.493 e. The number of nitrogens with one attached hydrogen (secondary N) is 2. The van der Waals surface area contributed by atoms with E-state index in [2.05, 4.69) is 22.5 Å². The molecule has 0 radical (unpaired) electrons. The second-order valence-electron chi connectivity index (χ2n) is 5.97. The molecule has 0 aliphatic rings. The summed E-state index contributed by atoms with van der Waals surface area (Å²) in [7, 11) is 3.18. The van der Waals surface area contributed by atoms with Crippen LogP contribution in [0.1, 0.15) is 42.1 Å². The Balaban J connectivity index is 1.93. The molecule has 2 N–H and O–H groups in total. The van der Waals surface area contributed by atoms with Gasteiger partial charge in [-0.15, -0.1) is 0 Å². The van der Waals surface area contributed by atoms with Crippen LogP contribution >= 0.6 is 0 Å². The van der Waals surface area contributed by atoms with E-state index in [0.29, 0.717) is 23.6 Å². The molecule has 6 heteroatoms. The van der Waals surface area contributed by atoms with E-state index in [1.807, 2.05) is 24.3 Å². The number of hydrogen-bond donors (Lipinski definition) is 2. The fraction of sp³-hybridized carbons (Fsp3) is 0.400. The molecule has 26 heavy (non-hydrogen) atoms. The van der Waals surface area contributed by atoms with Crippen LogP contribution in [-0.4, -0.2) is 31.7 Å². The van der Waals surface area contributed by atoms with E-state index in [9.17, 15) is 4.79 Å². The first-order valence-corrected chi connectivity index (χ1v) is 8.86. The molecule has 1 aromatic carbocycles. The average Bonchev–Trinajstić information content (AvgIpc) is 2.69. The van der Waals surface area contributed by atoms with E-state index in [1.54, 1.807) is 26.6 Å². The van der Waals surface area contributed by atoms with Crippen LogP contribution in [0, 0.1) is 0 Å². The molecule has 1 aromatic heterocycles. The highest BCUT2D eigenvalue weighted by Gasteiger charge is 2.09. The van der Waals surface area contributed by atoms with Gasteiger partial charge in [0, 0.05) is 25.5 Å². The lowest BCUT2D eigenvalue weighted by molar-refractivity contribution is 0.0950. The second-order valence-corrected chi connectivity index (χ2v) is 5.97. The predicted octanol–water partition coefficient (Wildman–Crippen LogP) is 3.63. The lowest BCUT2D eigenvalue weighted by Crippen LogP contribution is -2.23. The van der Waals surface area contributed by atoms with E-state index in [-0.39, 0.29) is 5.91 Å². The number of benzene rings is 1. The van der Waals surface area contributed by atoms with Crippen molar-refractivity contribution in [1.82, 2.24) is 10.3 Å². The minimum absolute atomic E-state index is 0.163. The normalized spacial score (nSPS) is 10.3. The van der Waals surface area contributed by atoms with E-state index < -0.39 is 0 Å². The fourth-order valence-electron chi connectivity index (χ4n) is 2.54.